The number of carbonyl (C=O) groups excluding carboxylic acids is 3. The minimum atomic E-state index is -0.919. The van der Waals surface area contributed by atoms with Gasteiger partial charge in [-0.3, -0.25) is 0 Å². The Bertz CT molecular complexity index is 1790. The van der Waals surface area contributed by atoms with Crippen molar-refractivity contribution in [1.29, 1.82) is 0 Å². The number of nitrogens with zero attached hydrogens (tertiary/aromatic N) is 3. The lowest BCUT2D eigenvalue weighted by Gasteiger charge is -2.11. The predicted molar refractivity (Wildman–Crippen MR) is 237 cm³/mol. The first-order valence-corrected chi connectivity index (χ1v) is 25.0. The molecule has 0 radical (unpaired) electrons. The molecule has 0 unspecified atom stereocenters. The van der Waals surface area contributed by atoms with Gasteiger partial charge in [0.2, 0.25) is 19.8 Å². The van der Waals surface area contributed by atoms with E-state index in [1.165, 1.54) is 32.4 Å². The summed E-state index contributed by atoms with van der Waals surface area (Å²) in [6, 6.07) is 23.2. The summed E-state index contributed by atoms with van der Waals surface area (Å²) in [5.74, 6) is 1.78. The number of aromatic nitrogens is 3. The van der Waals surface area contributed by atoms with Crippen LogP contribution in [-0.2, 0) is 51.1 Å². The van der Waals surface area contributed by atoms with E-state index in [2.05, 4.69) is 47.8 Å². The highest BCUT2D eigenvalue weighted by Crippen LogP contribution is 2.29. The van der Waals surface area contributed by atoms with E-state index < -0.39 is 17.1 Å². The molecule has 21 heteroatoms. The van der Waals surface area contributed by atoms with E-state index in [-0.39, 0.29) is 55.4 Å². The molecule has 0 aliphatic carbocycles. The summed E-state index contributed by atoms with van der Waals surface area (Å²) in [4.78, 5) is 71.0. The number of benzene rings is 3. The minimum absolute atomic E-state index is 0.250. The monoisotopic (exact) mass is 1040 g/mol. The lowest BCUT2D eigenvalue weighted by atomic mass is 10.2. The Kier molecular flexibility index (Phi) is 19.8. The molecule has 0 saturated heterocycles. The summed E-state index contributed by atoms with van der Waals surface area (Å²) in [7, 11) is 7.01. The predicted octanol–water partition coefficient (Wildman–Crippen LogP) is 7.63. The standard InChI is InChI=1S/C33H30Br3N3O9S6/c34-25-7-1-22(2-8-25)19-49-52-31(43)46-16-13-37-28(40)38(14-17-47-32(44)53-50-20-23-3-9-26(35)10-4-23)30(42)39(29(37)41)15-18-48-33(45)54-51-21-24-5-11-27(36)12-6-24/h1-12H,13-21H2/p+3. The van der Waals surface area contributed by atoms with Crippen molar-refractivity contribution in [3.8, 4) is 0 Å². The molecule has 0 atom stereocenters. The molecule has 3 N–H and O–H groups in total. The molecule has 12 nitrogen and oxygen atoms in total. The minimum Gasteiger partial charge on any atom is -0.329 e. The summed E-state index contributed by atoms with van der Waals surface area (Å²) in [6.45, 7) is -1.62. The van der Waals surface area contributed by atoms with E-state index in [1.807, 2.05) is 72.8 Å². The van der Waals surface area contributed by atoms with E-state index >= 15 is 0 Å². The van der Waals surface area contributed by atoms with Crippen LogP contribution in [0.2, 0.25) is 0 Å². The first-order chi connectivity index (χ1) is 26.0. The topological polar surface area (TPSA) is 158 Å². The van der Waals surface area contributed by atoms with E-state index in [0.29, 0.717) is 17.3 Å². The number of ether oxygens (including phenoxy) is 3. The van der Waals surface area contributed by atoms with Crippen molar-refractivity contribution in [3.63, 3.8) is 0 Å². The van der Waals surface area contributed by atoms with E-state index in [9.17, 15) is 28.8 Å². The number of rotatable bonds is 18. The Balaban J connectivity index is 1.34. The van der Waals surface area contributed by atoms with Crippen LogP contribution in [0, 0.1) is 0 Å². The molecular formula is C33H33Br3N3O9S6+3. The highest BCUT2D eigenvalue weighted by molar-refractivity contribution is 9.11. The van der Waals surface area contributed by atoms with E-state index in [0.717, 1.165) is 76.2 Å². The third-order valence-electron chi connectivity index (χ3n) is 6.81. The molecule has 0 aliphatic heterocycles. The third-order valence-corrected chi connectivity index (χ3v) is 14.3. The van der Waals surface area contributed by atoms with Gasteiger partial charge in [-0.25, -0.2) is 28.1 Å². The second-order valence-electron chi connectivity index (χ2n) is 10.6. The van der Waals surface area contributed by atoms with Crippen molar-refractivity contribution in [2.75, 3.05) is 19.8 Å². The van der Waals surface area contributed by atoms with Gasteiger partial charge in [0.25, 0.3) is 0 Å². The maximum atomic E-state index is 13.4. The Hall–Kier alpha value is -1.98. The number of hydrogen-bond acceptors (Lipinski definition) is 12. The first kappa shape index (κ1) is 44.7. The lowest BCUT2D eigenvalue weighted by Crippen LogP contribution is -2.55. The summed E-state index contributed by atoms with van der Waals surface area (Å²) in [5.41, 5.74) is 0.364. The smallest absolute Gasteiger partial charge is 0.329 e. The average molecular weight is 1050 g/mol. The zero-order valence-corrected chi connectivity index (χ0v) is 37.7. The fraction of sp³-hybridized carbons (Fsp3) is 0.273. The molecule has 4 aromatic rings. The zero-order valence-electron chi connectivity index (χ0n) is 28.0. The molecule has 0 bridgehead atoms. The Morgan fingerprint density at radius 3 is 0.944 bits per heavy atom. The van der Waals surface area contributed by atoms with Gasteiger partial charge in [0.1, 0.15) is 0 Å². The molecule has 0 aliphatic rings. The second-order valence-corrected chi connectivity index (χ2v) is 20.1. The first-order valence-electron chi connectivity index (χ1n) is 15.6. The van der Waals surface area contributed by atoms with Gasteiger partial charge < -0.3 is 28.6 Å². The zero-order chi connectivity index (χ0) is 38.9. The molecule has 288 valence electrons. The molecule has 4 rings (SSSR count). The van der Waals surface area contributed by atoms with Crippen LogP contribution in [0.4, 0.5) is 0 Å². The molecule has 0 fully saturated rings. The average Bonchev–Trinajstić information content (AvgIpc) is 3.15. The van der Waals surface area contributed by atoms with Gasteiger partial charge in [0.15, 0.2) is 0 Å². The Morgan fingerprint density at radius 1 is 0.463 bits per heavy atom. The Labute approximate surface area is 358 Å². The fourth-order valence-electron chi connectivity index (χ4n) is 4.19. The van der Waals surface area contributed by atoms with Crippen LogP contribution in [-0.4, -0.2) is 63.8 Å². The van der Waals surface area contributed by atoms with Crippen molar-refractivity contribution in [1.82, 2.24) is 13.7 Å². The van der Waals surface area contributed by atoms with E-state index in [1.54, 1.807) is 0 Å². The molecule has 54 heavy (non-hydrogen) atoms. The van der Waals surface area contributed by atoms with Gasteiger partial charge in [-0.05, 0) is 53.1 Å². The van der Waals surface area contributed by atoms with Crippen molar-refractivity contribution in [2.45, 2.75) is 36.9 Å². The molecule has 0 amide bonds. The van der Waals surface area contributed by atoms with Gasteiger partial charge in [0.05, 0.1) is 52.0 Å². The molecular weight excluding hydrogens is 1010 g/mol. The highest BCUT2D eigenvalue weighted by Gasteiger charge is 2.22. The maximum absolute atomic E-state index is 13.4. The summed E-state index contributed by atoms with van der Waals surface area (Å²) in [6.07, 6.45) is 0. The van der Waals surface area contributed by atoms with Crippen LogP contribution in [0.3, 0.4) is 0 Å². The van der Waals surface area contributed by atoms with Crippen LogP contribution in [0.25, 0.3) is 0 Å². The summed E-state index contributed by atoms with van der Waals surface area (Å²) < 4.78 is 21.4. The quantitative estimate of drug-likeness (QED) is 0.0416. The number of halogens is 3. The van der Waals surface area contributed by atoms with Crippen molar-refractivity contribution in [2.24, 2.45) is 0 Å². The number of hydrogen-bond donors (Lipinski definition) is 0. The van der Waals surface area contributed by atoms with Gasteiger partial charge in [-0.2, -0.15) is 0 Å². The molecule has 0 saturated carbocycles. The van der Waals surface area contributed by atoms with E-state index in [4.69, 9.17) is 14.2 Å². The maximum Gasteiger partial charge on any atom is 0.561 e. The van der Waals surface area contributed by atoms with Crippen molar-refractivity contribution < 1.29 is 28.6 Å². The summed E-state index contributed by atoms with van der Waals surface area (Å²) >= 11 is 10.2. The van der Waals surface area contributed by atoms with Crippen LogP contribution in [0.15, 0.2) is 101 Å². The largest absolute Gasteiger partial charge is 0.561 e. The van der Waals surface area contributed by atoms with Crippen molar-refractivity contribution >= 4 is 128 Å². The van der Waals surface area contributed by atoms with Gasteiger partial charge in [-0.1, -0.05) is 117 Å². The molecule has 0 spiro atoms. The summed E-state index contributed by atoms with van der Waals surface area (Å²) in [5, 5.41) is -1.07. The van der Waals surface area contributed by atoms with Crippen LogP contribution >= 0.6 is 113 Å². The lowest BCUT2D eigenvalue weighted by molar-refractivity contribution is 0.237. The van der Waals surface area contributed by atoms with Crippen LogP contribution < -0.4 is 17.1 Å². The highest BCUT2D eigenvalue weighted by atomic mass is 79.9. The SMILES string of the molecule is O=c1n(CCOC(=[OH+])SSCc2ccc(Br)cc2)c(=O)n(CCOC(=[OH+])SSCc2ccc(Br)cc2)c(=O)n1CCOC(=[OH+])SSCc1ccc(Br)cc1. The van der Waals surface area contributed by atoms with Crippen LogP contribution in [0.5, 0.6) is 0 Å². The van der Waals surface area contributed by atoms with Gasteiger partial charge in [0, 0.05) is 30.7 Å². The van der Waals surface area contributed by atoms with Crippen molar-refractivity contribution in [3.05, 3.63) is 134 Å². The van der Waals surface area contributed by atoms with Crippen LogP contribution in [0.1, 0.15) is 16.7 Å². The molecule has 3 aromatic carbocycles. The fourth-order valence-corrected chi connectivity index (χ4v) is 9.93. The van der Waals surface area contributed by atoms with Gasteiger partial charge in [-0.15, -0.1) is 0 Å². The molecule has 1 heterocycles. The Morgan fingerprint density at radius 2 is 0.704 bits per heavy atom. The third kappa shape index (κ3) is 15.5. The second kappa shape index (κ2) is 23.9. The molecule has 1 aromatic heterocycles. The normalized spacial score (nSPS) is 10.9. The van der Waals surface area contributed by atoms with Gasteiger partial charge >= 0.3 is 33.0 Å².